The van der Waals surface area contributed by atoms with Crippen molar-refractivity contribution >= 4 is 29.3 Å². The Kier molecular flexibility index (Phi) is 7.03. The van der Waals surface area contributed by atoms with Crippen LogP contribution < -0.4 is 0 Å². The van der Waals surface area contributed by atoms with Gasteiger partial charge in [-0.15, -0.1) is 11.3 Å². The maximum atomic E-state index is 12.7. The summed E-state index contributed by atoms with van der Waals surface area (Å²) in [5, 5.41) is 2.88. The molecule has 3 rings (SSSR count). The first-order valence-electron chi connectivity index (χ1n) is 10.1. The molecule has 0 spiro atoms. The fourth-order valence-corrected chi connectivity index (χ4v) is 4.05. The van der Waals surface area contributed by atoms with Crippen LogP contribution in [-0.4, -0.2) is 78.7 Å². The zero-order valence-corrected chi connectivity index (χ0v) is 18.9. The Bertz CT molecular complexity index is 883. The van der Waals surface area contributed by atoms with Crippen molar-refractivity contribution in [1.29, 1.82) is 0 Å². The number of rotatable bonds is 6. The van der Waals surface area contributed by atoms with Crippen LogP contribution in [0.3, 0.4) is 0 Å². The lowest BCUT2D eigenvalue weighted by atomic mass is 10.0. The molecule has 2 aromatic rings. The zero-order valence-electron chi connectivity index (χ0n) is 18.1. The SMILES string of the molecule is CCN(C)/C=N/c1cc(C)c(Cc2nc(C(=O)N3CCN(C)CC3)cs2)cc1C. The average molecular weight is 414 g/mol. The van der Waals surface area contributed by atoms with Gasteiger partial charge >= 0.3 is 0 Å². The standard InChI is InChI=1S/C22H31N5OS/c1-6-25(4)15-23-19-12-16(2)18(11-17(19)3)13-21-24-20(14-29-21)22(28)27-9-7-26(5)8-10-27/h11-12,14-15H,6-10,13H2,1-5H3/b23-15+. The van der Waals surface area contributed by atoms with Gasteiger partial charge in [-0.3, -0.25) is 4.79 Å². The number of aryl methyl sites for hydroxylation is 2. The monoisotopic (exact) mass is 413 g/mol. The molecule has 0 atom stereocenters. The predicted molar refractivity (Wildman–Crippen MR) is 121 cm³/mol. The number of likely N-dealkylation sites (N-methyl/N-ethyl adjacent to an activating group) is 1. The molecule has 0 unspecified atom stereocenters. The van der Waals surface area contributed by atoms with E-state index in [1.54, 1.807) is 11.3 Å². The van der Waals surface area contributed by atoms with Gasteiger partial charge in [0, 0.05) is 51.6 Å². The van der Waals surface area contributed by atoms with Gasteiger partial charge in [0.15, 0.2) is 0 Å². The third-order valence-electron chi connectivity index (χ3n) is 5.45. The number of benzene rings is 1. The minimum absolute atomic E-state index is 0.0539. The van der Waals surface area contributed by atoms with E-state index >= 15 is 0 Å². The second-order valence-corrected chi connectivity index (χ2v) is 8.72. The number of piperazine rings is 1. The van der Waals surface area contributed by atoms with Crippen molar-refractivity contribution in [3.05, 3.63) is 44.9 Å². The number of hydrogen-bond donors (Lipinski definition) is 0. The van der Waals surface area contributed by atoms with Crippen LogP contribution in [0, 0.1) is 13.8 Å². The van der Waals surface area contributed by atoms with Gasteiger partial charge in [0.05, 0.1) is 17.0 Å². The molecule has 1 aromatic carbocycles. The summed E-state index contributed by atoms with van der Waals surface area (Å²) in [4.78, 5) is 28.2. The topological polar surface area (TPSA) is 52.0 Å². The van der Waals surface area contributed by atoms with Gasteiger partial charge in [-0.05, 0) is 50.6 Å². The number of carbonyl (C=O) groups is 1. The van der Waals surface area contributed by atoms with Crippen LogP contribution in [-0.2, 0) is 6.42 Å². The molecule has 0 N–H and O–H groups in total. The highest BCUT2D eigenvalue weighted by Crippen LogP contribution is 2.26. The molecule has 6 nitrogen and oxygen atoms in total. The molecule has 1 saturated heterocycles. The molecule has 1 aliphatic rings. The molecule has 29 heavy (non-hydrogen) atoms. The number of amides is 1. The van der Waals surface area contributed by atoms with Gasteiger partial charge < -0.3 is 14.7 Å². The molecular formula is C22H31N5OS. The maximum Gasteiger partial charge on any atom is 0.273 e. The van der Waals surface area contributed by atoms with Crippen LogP contribution in [0.4, 0.5) is 5.69 Å². The molecule has 2 heterocycles. The van der Waals surface area contributed by atoms with E-state index in [9.17, 15) is 4.79 Å². The van der Waals surface area contributed by atoms with Gasteiger partial charge in [0.2, 0.25) is 0 Å². The number of thiazole rings is 1. The van der Waals surface area contributed by atoms with Gasteiger partial charge in [-0.2, -0.15) is 0 Å². The van der Waals surface area contributed by atoms with E-state index in [0.29, 0.717) is 5.69 Å². The van der Waals surface area contributed by atoms with E-state index < -0.39 is 0 Å². The van der Waals surface area contributed by atoms with Crippen molar-refractivity contribution in [2.24, 2.45) is 4.99 Å². The highest BCUT2D eigenvalue weighted by molar-refractivity contribution is 7.09. The molecule has 1 fully saturated rings. The molecule has 1 amide bonds. The first-order chi connectivity index (χ1) is 13.9. The van der Waals surface area contributed by atoms with Crippen molar-refractivity contribution in [2.75, 3.05) is 46.8 Å². The lowest BCUT2D eigenvalue weighted by molar-refractivity contribution is 0.0659. The first kappa shape index (κ1) is 21.5. The van der Waals surface area contributed by atoms with Crippen molar-refractivity contribution < 1.29 is 4.79 Å². The molecule has 1 aromatic heterocycles. The lowest BCUT2D eigenvalue weighted by Gasteiger charge is -2.31. The van der Waals surface area contributed by atoms with Crippen LogP contribution in [0.15, 0.2) is 22.5 Å². The fraction of sp³-hybridized carbons (Fsp3) is 0.500. The van der Waals surface area contributed by atoms with Crippen LogP contribution in [0.2, 0.25) is 0 Å². The van der Waals surface area contributed by atoms with Crippen LogP contribution in [0.5, 0.6) is 0 Å². The number of aliphatic imine (C=N–C) groups is 1. The smallest absolute Gasteiger partial charge is 0.273 e. The minimum atomic E-state index is 0.0539. The molecule has 0 saturated carbocycles. The fourth-order valence-electron chi connectivity index (χ4n) is 3.26. The summed E-state index contributed by atoms with van der Waals surface area (Å²) in [6, 6.07) is 4.33. The molecular weight excluding hydrogens is 382 g/mol. The summed E-state index contributed by atoms with van der Waals surface area (Å²) < 4.78 is 0. The molecule has 0 aliphatic carbocycles. The summed E-state index contributed by atoms with van der Waals surface area (Å²) in [7, 11) is 4.11. The largest absolute Gasteiger partial charge is 0.366 e. The summed E-state index contributed by atoms with van der Waals surface area (Å²) in [6.45, 7) is 10.6. The lowest BCUT2D eigenvalue weighted by Crippen LogP contribution is -2.47. The van der Waals surface area contributed by atoms with Crippen molar-refractivity contribution in [3.63, 3.8) is 0 Å². The first-order valence-corrected chi connectivity index (χ1v) is 11.0. The van der Waals surface area contributed by atoms with E-state index in [-0.39, 0.29) is 5.91 Å². The number of aromatic nitrogens is 1. The third-order valence-corrected chi connectivity index (χ3v) is 6.30. The van der Waals surface area contributed by atoms with E-state index in [0.717, 1.165) is 55.4 Å². The summed E-state index contributed by atoms with van der Waals surface area (Å²) in [5.74, 6) is 0.0539. The second-order valence-electron chi connectivity index (χ2n) is 7.78. The van der Waals surface area contributed by atoms with Gasteiger partial charge in [0.1, 0.15) is 5.69 Å². The Balaban J connectivity index is 1.70. The Labute approximate surface area is 177 Å². The summed E-state index contributed by atoms with van der Waals surface area (Å²) in [5.41, 5.74) is 5.16. The van der Waals surface area contributed by atoms with Crippen molar-refractivity contribution in [3.8, 4) is 0 Å². The van der Waals surface area contributed by atoms with E-state index in [4.69, 9.17) is 0 Å². The molecule has 0 radical (unpaired) electrons. The average Bonchev–Trinajstić information content (AvgIpc) is 3.17. The molecule has 7 heteroatoms. The van der Waals surface area contributed by atoms with Gasteiger partial charge in [-0.1, -0.05) is 6.07 Å². The number of nitrogens with zero attached hydrogens (tertiary/aromatic N) is 5. The van der Waals surface area contributed by atoms with Gasteiger partial charge in [0.25, 0.3) is 5.91 Å². The number of carbonyl (C=O) groups excluding carboxylic acids is 1. The van der Waals surface area contributed by atoms with E-state index in [1.165, 1.54) is 11.1 Å². The van der Waals surface area contributed by atoms with Crippen LogP contribution in [0.1, 0.15) is 39.1 Å². The Morgan fingerprint density at radius 2 is 1.97 bits per heavy atom. The molecule has 156 valence electrons. The zero-order chi connectivity index (χ0) is 21.0. The van der Waals surface area contributed by atoms with Crippen LogP contribution in [0.25, 0.3) is 0 Å². The predicted octanol–water partition coefficient (Wildman–Crippen LogP) is 3.35. The summed E-state index contributed by atoms with van der Waals surface area (Å²) >= 11 is 1.57. The van der Waals surface area contributed by atoms with Crippen molar-refractivity contribution in [1.82, 2.24) is 19.7 Å². The van der Waals surface area contributed by atoms with Crippen molar-refractivity contribution in [2.45, 2.75) is 27.2 Å². The quantitative estimate of drug-likeness (QED) is 0.538. The van der Waals surface area contributed by atoms with Gasteiger partial charge in [-0.25, -0.2) is 9.98 Å². The number of hydrogen-bond acceptors (Lipinski definition) is 5. The highest BCUT2D eigenvalue weighted by Gasteiger charge is 2.22. The molecule has 0 bridgehead atoms. The summed E-state index contributed by atoms with van der Waals surface area (Å²) in [6.07, 6.45) is 2.62. The highest BCUT2D eigenvalue weighted by atomic mass is 32.1. The maximum absolute atomic E-state index is 12.7. The third kappa shape index (κ3) is 5.42. The van der Waals surface area contributed by atoms with E-state index in [1.807, 2.05) is 23.7 Å². The Hall–Kier alpha value is -2.25. The molecule has 1 aliphatic heterocycles. The van der Waals surface area contributed by atoms with E-state index in [2.05, 4.69) is 59.7 Å². The Morgan fingerprint density at radius 3 is 2.66 bits per heavy atom. The minimum Gasteiger partial charge on any atom is -0.366 e. The van der Waals surface area contributed by atoms with Crippen LogP contribution >= 0.6 is 11.3 Å². The Morgan fingerprint density at radius 1 is 1.24 bits per heavy atom. The normalized spacial score (nSPS) is 15.3. The second kappa shape index (κ2) is 9.50.